The van der Waals surface area contributed by atoms with Crippen molar-refractivity contribution >= 4 is 23.4 Å². The van der Waals surface area contributed by atoms with E-state index < -0.39 is 0 Å². The van der Waals surface area contributed by atoms with Crippen LogP contribution in [0.15, 0.2) is 18.5 Å². The van der Waals surface area contributed by atoms with Gasteiger partial charge in [0.1, 0.15) is 0 Å². The van der Waals surface area contributed by atoms with Crippen molar-refractivity contribution < 1.29 is 9.53 Å². The van der Waals surface area contributed by atoms with Crippen LogP contribution in [0.25, 0.3) is 0 Å². The molecule has 0 radical (unpaired) electrons. The van der Waals surface area contributed by atoms with E-state index in [1.54, 1.807) is 12.4 Å². The lowest BCUT2D eigenvalue weighted by atomic mass is 9.73. The van der Waals surface area contributed by atoms with Gasteiger partial charge in [-0.1, -0.05) is 4.49 Å². The molecule has 2 saturated heterocycles. The molecule has 8 nitrogen and oxygen atoms in total. The van der Waals surface area contributed by atoms with Crippen LogP contribution in [0.3, 0.4) is 0 Å². The molecule has 2 aromatic heterocycles. The lowest BCUT2D eigenvalue weighted by molar-refractivity contribution is -0.0700. The highest BCUT2D eigenvalue weighted by molar-refractivity contribution is 7.06. The minimum atomic E-state index is -0.110. The lowest BCUT2D eigenvalue weighted by Crippen LogP contribution is -2.48. The van der Waals surface area contributed by atoms with Crippen LogP contribution >= 0.6 is 11.5 Å². The average molecular weight is 415 g/mol. The monoisotopic (exact) mass is 414 g/mol. The number of nitrogens with zero attached hydrogens (tertiary/aromatic N) is 5. The van der Waals surface area contributed by atoms with E-state index in [1.165, 1.54) is 11.5 Å². The summed E-state index contributed by atoms with van der Waals surface area (Å²) in [6.45, 7) is 3.24. The van der Waals surface area contributed by atoms with Gasteiger partial charge in [0.15, 0.2) is 5.69 Å². The molecular formula is C20H26N6O2S. The Morgan fingerprint density at radius 1 is 1.21 bits per heavy atom. The van der Waals surface area contributed by atoms with Crippen LogP contribution in [0, 0.1) is 5.41 Å². The van der Waals surface area contributed by atoms with Gasteiger partial charge in [-0.05, 0) is 67.5 Å². The average Bonchev–Trinajstić information content (AvgIpc) is 3.50. The van der Waals surface area contributed by atoms with E-state index in [0.717, 1.165) is 69.0 Å². The molecule has 5 rings (SSSR count). The van der Waals surface area contributed by atoms with Crippen molar-refractivity contribution in [3.05, 3.63) is 29.0 Å². The second-order valence-electron chi connectivity index (χ2n) is 8.48. The number of amides is 1. The summed E-state index contributed by atoms with van der Waals surface area (Å²) in [5.41, 5.74) is 0.768. The summed E-state index contributed by atoms with van der Waals surface area (Å²) in [5.74, 6) is 1.20. The molecule has 154 valence electrons. The van der Waals surface area contributed by atoms with Crippen LogP contribution < -0.4 is 10.2 Å². The van der Waals surface area contributed by atoms with Crippen molar-refractivity contribution in [2.45, 2.75) is 50.5 Å². The van der Waals surface area contributed by atoms with E-state index in [-0.39, 0.29) is 17.4 Å². The summed E-state index contributed by atoms with van der Waals surface area (Å²) in [7, 11) is 0. The van der Waals surface area contributed by atoms with E-state index in [2.05, 4.69) is 29.8 Å². The van der Waals surface area contributed by atoms with Gasteiger partial charge in [0.05, 0.1) is 17.6 Å². The van der Waals surface area contributed by atoms with Gasteiger partial charge in [0.2, 0.25) is 5.95 Å². The minimum absolute atomic E-state index is 0.0797. The lowest BCUT2D eigenvalue weighted by Gasteiger charge is -2.45. The van der Waals surface area contributed by atoms with Gasteiger partial charge < -0.3 is 15.0 Å². The molecule has 3 aliphatic rings. The quantitative estimate of drug-likeness (QED) is 0.803. The third-order valence-electron chi connectivity index (χ3n) is 6.45. The molecule has 0 aromatic carbocycles. The van der Waals surface area contributed by atoms with E-state index in [1.807, 2.05) is 6.07 Å². The zero-order valence-corrected chi connectivity index (χ0v) is 17.2. The molecule has 1 aliphatic carbocycles. The summed E-state index contributed by atoms with van der Waals surface area (Å²) >= 11 is 1.36. The zero-order chi connectivity index (χ0) is 19.7. The van der Waals surface area contributed by atoms with Crippen molar-refractivity contribution in [2.24, 2.45) is 5.41 Å². The van der Waals surface area contributed by atoms with Gasteiger partial charge in [-0.2, -0.15) is 0 Å². The molecule has 0 unspecified atom stereocenters. The molecule has 1 N–H and O–H groups in total. The van der Waals surface area contributed by atoms with E-state index in [0.29, 0.717) is 18.2 Å². The first-order valence-electron chi connectivity index (χ1n) is 10.5. The van der Waals surface area contributed by atoms with E-state index >= 15 is 0 Å². The Labute approximate surface area is 174 Å². The number of nitrogens with one attached hydrogen (secondary N) is 1. The topological polar surface area (TPSA) is 93.1 Å². The van der Waals surface area contributed by atoms with Gasteiger partial charge in [-0.3, -0.25) is 4.79 Å². The second-order valence-corrected chi connectivity index (χ2v) is 9.26. The molecule has 1 saturated carbocycles. The fourth-order valence-corrected chi connectivity index (χ4v) is 5.18. The normalized spacial score (nSPS) is 23.9. The first-order valence-corrected chi connectivity index (χ1v) is 11.2. The molecule has 4 heterocycles. The molecule has 3 fully saturated rings. The van der Waals surface area contributed by atoms with Crippen molar-refractivity contribution in [3.8, 4) is 0 Å². The highest BCUT2D eigenvalue weighted by atomic mass is 32.1. The highest BCUT2D eigenvalue weighted by Crippen LogP contribution is 2.43. The van der Waals surface area contributed by atoms with Crippen molar-refractivity contribution in [1.82, 2.24) is 24.9 Å². The first-order chi connectivity index (χ1) is 14.2. The summed E-state index contributed by atoms with van der Waals surface area (Å²) in [4.78, 5) is 24.5. The number of anilines is 1. The van der Waals surface area contributed by atoms with Crippen molar-refractivity contribution in [1.29, 1.82) is 0 Å². The van der Waals surface area contributed by atoms with Gasteiger partial charge >= 0.3 is 0 Å². The summed E-state index contributed by atoms with van der Waals surface area (Å²) < 4.78 is 10.1. The number of hydrogen-bond donors (Lipinski definition) is 1. The Morgan fingerprint density at radius 3 is 2.69 bits per heavy atom. The smallest absolute Gasteiger partial charge is 0.273 e. The Bertz CT molecular complexity index is 838. The highest BCUT2D eigenvalue weighted by Gasteiger charge is 2.39. The third-order valence-corrected chi connectivity index (χ3v) is 7.33. The molecule has 2 aliphatic heterocycles. The van der Waals surface area contributed by atoms with Crippen molar-refractivity contribution in [2.75, 3.05) is 31.1 Å². The largest absolute Gasteiger partial charge is 0.376 e. The maximum atomic E-state index is 12.5. The number of carbonyl (C=O) groups is 1. The molecule has 2 aromatic rings. The summed E-state index contributed by atoms with van der Waals surface area (Å²) in [5, 5.41) is 7.06. The number of carbonyl (C=O) groups excluding carboxylic acids is 1. The molecule has 29 heavy (non-hydrogen) atoms. The maximum Gasteiger partial charge on any atom is 0.273 e. The predicted octanol–water partition coefficient (Wildman–Crippen LogP) is 2.40. The standard InChI is InChI=1S/C20H26N6O2S/c27-18(16-17(14-2-3-14)29-25-24-16)23-12-15-4-5-20(13-28-15)6-10-26(11-7-20)19-21-8-1-9-22-19/h1,8-9,14-15H,2-7,10-13H2,(H,23,27)/t15-/m0/s1. The molecular weight excluding hydrogens is 388 g/mol. The fourth-order valence-electron chi connectivity index (χ4n) is 4.37. The van der Waals surface area contributed by atoms with Crippen LogP contribution in [-0.2, 0) is 4.74 Å². The molecule has 9 heteroatoms. The number of piperidine rings is 1. The molecule has 1 amide bonds. The van der Waals surface area contributed by atoms with Crippen LogP contribution in [0.4, 0.5) is 5.95 Å². The van der Waals surface area contributed by atoms with Crippen molar-refractivity contribution in [3.63, 3.8) is 0 Å². The Morgan fingerprint density at radius 2 is 2.00 bits per heavy atom. The SMILES string of the molecule is O=C(NC[C@@H]1CCC2(CCN(c3ncccn3)CC2)CO1)c1nnsc1C1CC1. The fraction of sp³-hybridized carbons (Fsp3) is 0.650. The predicted molar refractivity (Wildman–Crippen MR) is 109 cm³/mol. The third kappa shape index (κ3) is 4.11. The van der Waals surface area contributed by atoms with Crippen LogP contribution in [0.1, 0.15) is 59.8 Å². The summed E-state index contributed by atoms with van der Waals surface area (Å²) in [6, 6.07) is 1.85. The van der Waals surface area contributed by atoms with Crippen LogP contribution in [-0.4, -0.2) is 57.8 Å². The molecule has 0 bridgehead atoms. The van der Waals surface area contributed by atoms with E-state index in [9.17, 15) is 4.79 Å². The molecule has 1 spiro atoms. The minimum Gasteiger partial charge on any atom is -0.376 e. The van der Waals surface area contributed by atoms with Gasteiger partial charge in [0, 0.05) is 32.0 Å². The maximum absolute atomic E-state index is 12.5. The Balaban J connectivity index is 1.09. The van der Waals surface area contributed by atoms with Gasteiger partial charge in [0.25, 0.3) is 5.91 Å². The first kappa shape index (κ1) is 18.9. The zero-order valence-electron chi connectivity index (χ0n) is 16.4. The van der Waals surface area contributed by atoms with Crippen LogP contribution in [0.2, 0.25) is 0 Å². The number of aromatic nitrogens is 4. The van der Waals surface area contributed by atoms with Gasteiger partial charge in [-0.25, -0.2) is 9.97 Å². The number of hydrogen-bond acceptors (Lipinski definition) is 8. The van der Waals surface area contributed by atoms with Crippen LogP contribution in [0.5, 0.6) is 0 Å². The summed E-state index contributed by atoms with van der Waals surface area (Å²) in [6.07, 6.45) is 10.3. The number of ether oxygens (including phenoxy) is 1. The van der Waals surface area contributed by atoms with Gasteiger partial charge in [-0.15, -0.1) is 5.10 Å². The molecule has 1 atom stereocenters. The Kier molecular flexibility index (Phi) is 5.17. The van der Waals surface area contributed by atoms with E-state index in [4.69, 9.17) is 4.74 Å². The number of rotatable bonds is 5. The Hall–Kier alpha value is -2.13. The second kappa shape index (κ2) is 7.95.